The molecule has 2 unspecified atom stereocenters. The molecule has 1 aromatic carbocycles. The monoisotopic (exact) mass is 276 g/mol. The largest absolute Gasteiger partial charge is 0.486 e. The molecule has 17 heavy (non-hydrogen) atoms. The molecule has 0 aromatic heterocycles. The van der Waals surface area contributed by atoms with Gasteiger partial charge in [0, 0.05) is 10.6 Å². The van der Waals surface area contributed by atoms with Crippen molar-refractivity contribution in [2.24, 2.45) is 0 Å². The molecule has 1 saturated carbocycles. The molecule has 1 aromatic rings. The lowest BCUT2D eigenvalue weighted by molar-refractivity contribution is 0.0589. The highest BCUT2D eigenvalue weighted by molar-refractivity contribution is 6.35. The van der Waals surface area contributed by atoms with Crippen molar-refractivity contribution < 1.29 is 14.9 Å². The number of hydrogen-bond donors (Lipinski definition) is 2. The molecule has 1 fully saturated rings. The van der Waals surface area contributed by atoms with Crippen molar-refractivity contribution in [1.82, 2.24) is 0 Å². The van der Waals surface area contributed by atoms with E-state index < -0.39 is 6.10 Å². The molecule has 0 amide bonds. The maximum absolute atomic E-state index is 9.70. The Bertz CT molecular complexity index is 409. The minimum atomic E-state index is -0.465. The molecule has 2 atom stereocenters. The van der Waals surface area contributed by atoms with Crippen molar-refractivity contribution in [2.75, 3.05) is 0 Å². The van der Waals surface area contributed by atoms with Crippen LogP contribution in [0.5, 0.6) is 5.75 Å². The van der Waals surface area contributed by atoms with Gasteiger partial charge in [0.1, 0.15) is 11.9 Å². The van der Waals surface area contributed by atoms with Crippen LogP contribution in [-0.2, 0) is 6.61 Å². The van der Waals surface area contributed by atoms with E-state index in [0.29, 0.717) is 21.4 Å². The van der Waals surface area contributed by atoms with Crippen LogP contribution in [0.2, 0.25) is 10.0 Å². The van der Waals surface area contributed by atoms with Gasteiger partial charge in [-0.3, -0.25) is 0 Å². The minimum absolute atomic E-state index is 0.196. The highest BCUT2D eigenvalue weighted by Gasteiger charge is 2.28. The van der Waals surface area contributed by atoms with Gasteiger partial charge in [-0.2, -0.15) is 0 Å². The van der Waals surface area contributed by atoms with Crippen LogP contribution in [0.15, 0.2) is 12.1 Å². The van der Waals surface area contributed by atoms with Crippen LogP contribution >= 0.6 is 23.2 Å². The van der Waals surface area contributed by atoms with Crippen LogP contribution < -0.4 is 4.74 Å². The van der Waals surface area contributed by atoms with Gasteiger partial charge in [0.2, 0.25) is 0 Å². The third-order valence-corrected chi connectivity index (χ3v) is 3.44. The van der Waals surface area contributed by atoms with Crippen molar-refractivity contribution in [2.45, 2.75) is 38.1 Å². The second-order valence-corrected chi connectivity index (χ2v) is 5.03. The molecular formula is C12H14Cl2O3. The second-order valence-electron chi connectivity index (χ2n) is 4.19. The van der Waals surface area contributed by atoms with Crippen molar-refractivity contribution in [3.63, 3.8) is 0 Å². The maximum atomic E-state index is 9.70. The summed E-state index contributed by atoms with van der Waals surface area (Å²) >= 11 is 11.9. The number of aliphatic hydroxyl groups is 2. The fourth-order valence-electron chi connectivity index (χ4n) is 2.06. The van der Waals surface area contributed by atoms with Gasteiger partial charge in [-0.15, -0.1) is 0 Å². The first-order valence-corrected chi connectivity index (χ1v) is 6.31. The number of aliphatic hydroxyl groups excluding tert-OH is 2. The standard InChI is InChI=1S/C12H14Cl2O3/c13-8-4-7(6-15)12(9(14)5-8)17-11-3-1-2-10(11)16/h4-5,10-11,15-16H,1-3,6H2. The average molecular weight is 277 g/mol. The lowest BCUT2D eigenvalue weighted by atomic mass is 10.2. The van der Waals surface area contributed by atoms with Crippen molar-refractivity contribution in [1.29, 1.82) is 0 Å². The van der Waals surface area contributed by atoms with Crippen LogP contribution in [-0.4, -0.2) is 22.4 Å². The van der Waals surface area contributed by atoms with Crippen molar-refractivity contribution >= 4 is 23.2 Å². The van der Waals surface area contributed by atoms with Crippen LogP contribution in [0.3, 0.4) is 0 Å². The smallest absolute Gasteiger partial charge is 0.144 e. The molecule has 94 valence electrons. The van der Waals surface area contributed by atoms with Gasteiger partial charge in [-0.05, 0) is 31.4 Å². The third-order valence-electron chi connectivity index (χ3n) is 2.94. The summed E-state index contributed by atoms with van der Waals surface area (Å²) < 4.78 is 5.69. The number of halogens is 2. The fraction of sp³-hybridized carbons (Fsp3) is 0.500. The highest BCUT2D eigenvalue weighted by Crippen LogP contribution is 2.35. The molecule has 0 spiro atoms. The topological polar surface area (TPSA) is 49.7 Å². The summed E-state index contributed by atoms with van der Waals surface area (Å²) in [5.41, 5.74) is 0.543. The summed E-state index contributed by atoms with van der Waals surface area (Å²) in [7, 11) is 0. The molecule has 3 nitrogen and oxygen atoms in total. The first-order valence-electron chi connectivity index (χ1n) is 5.55. The van der Waals surface area contributed by atoms with Crippen molar-refractivity contribution in [3.05, 3.63) is 27.7 Å². The SMILES string of the molecule is OCc1cc(Cl)cc(Cl)c1OC1CCCC1O. The molecule has 0 bridgehead atoms. The minimum Gasteiger partial charge on any atom is -0.486 e. The predicted octanol–water partition coefficient (Wildman–Crippen LogP) is 2.78. The zero-order valence-corrected chi connectivity index (χ0v) is 10.7. The van der Waals surface area contributed by atoms with E-state index in [4.69, 9.17) is 27.9 Å². The van der Waals surface area contributed by atoms with Crippen LogP contribution in [0, 0.1) is 0 Å². The van der Waals surface area contributed by atoms with E-state index in [1.165, 1.54) is 0 Å². The average Bonchev–Trinajstić information content (AvgIpc) is 2.68. The van der Waals surface area contributed by atoms with Gasteiger partial charge in [0.25, 0.3) is 0 Å². The van der Waals surface area contributed by atoms with E-state index in [2.05, 4.69) is 0 Å². The molecule has 1 aliphatic carbocycles. The summed E-state index contributed by atoms with van der Waals surface area (Å²) in [4.78, 5) is 0. The molecule has 0 radical (unpaired) electrons. The van der Waals surface area contributed by atoms with E-state index in [-0.39, 0.29) is 12.7 Å². The van der Waals surface area contributed by atoms with Crippen molar-refractivity contribution in [3.8, 4) is 5.75 Å². The summed E-state index contributed by atoms with van der Waals surface area (Å²) in [5, 5.41) is 19.8. The molecular weight excluding hydrogens is 263 g/mol. The fourth-order valence-corrected chi connectivity index (χ4v) is 2.64. The van der Waals surface area contributed by atoms with Gasteiger partial charge in [-0.25, -0.2) is 0 Å². The molecule has 0 aliphatic heterocycles. The number of ether oxygens (including phenoxy) is 1. The Balaban J connectivity index is 2.25. The third kappa shape index (κ3) is 2.86. The highest BCUT2D eigenvalue weighted by atomic mass is 35.5. The zero-order valence-electron chi connectivity index (χ0n) is 9.20. The predicted molar refractivity (Wildman–Crippen MR) is 66.7 cm³/mol. The Labute approximate surface area is 110 Å². The number of hydrogen-bond acceptors (Lipinski definition) is 3. The van der Waals surface area contributed by atoms with Crippen LogP contribution in [0.1, 0.15) is 24.8 Å². The first kappa shape index (κ1) is 13.0. The summed E-state index contributed by atoms with van der Waals surface area (Å²) in [6.45, 7) is -0.196. The molecule has 5 heteroatoms. The first-order chi connectivity index (χ1) is 8.11. The number of rotatable bonds is 3. The summed E-state index contributed by atoms with van der Waals surface area (Å²) in [6, 6.07) is 3.18. The summed E-state index contributed by atoms with van der Waals surface area (Å²) in [5.74, 6) is 0.421. The normalized spacial score (nSPS) is 24.0. The van der Waals surface area contributed by atoms with Gasteiger partial charge in [-0.1, -0.05) is 23.2 Å². The zero-order chi connectivity index (χ0) is 12.4. The molecule has 0 heterocycles. The van der Waals surface area contributed by atoms with E-state index in [9.17, 15) is 10.2 Å². The van der Waals surface area contributed by atoms with Crippen LogP contribution in [0.4, 0.5) is 0 Å². The summed E-state index contributed by atoms with van der Waals surface area (Å²) in [6.07, 6.45) is 1.76. The lowest BCUT2D eigenvalue weighted by Crippen LogP contribution is -2.26. The van der Waals surface area contributed by atoms with E-state index in [1.807, 2.05) is 0 Å². The van der Waals surface area contributed by atoms with Gasteiger partial charge in [0.15, 0.2) is 0 Å². The Hall–Kier alpha value is -0.480. The quantitative estimate of drug-likeness (QED) is 0.893. The Morgan fingerprint density at radius 2 is 2.06 bits per heavy atom. The van der Waals surface area contributed by atoms with E-state index >= 15 is 0 Å². The molecule has 2 N–H and O–H groups in total. The Morgan fingerprint density at radius 3 is 2.65 bits per heavy atom. The van der Waals surface area contributed by atoms with Gasteiger partial charge >= 0.3 is 0 Å². The second kappa shape index (κ2) is 5.44. The molecule has 2 rings (SSSR count). The molecule has 0 saturated heterocycles. The van der Waals surface area contributed by atoms with Gasteiger partial charge < -0.3 is 14.9 Å². The van der Waals surface area contributed by atoms with E-state index in [0.717, 1.165) is 19.3 Å². The molecule has 1 aliphatic rings. The van der Waals surface area contributed by atoms with Gasteiger partial charge in [0.05, 0.1) is 17.7 Å². The maximum Gasteiger partial charge on any atom is 0.144 e. The number of benzene rings is 1. The Morgan fingerprint density at radius 1 is 1.29 bits per heavy atom. The van der Waals surface area contributed by atoms with E-state index in [1.54, 1.807) is 12.1 Å². The van der Waals surface area contributed by atoms with Crippen LogP contribution in [0.25, 0.3) is 0 Å². The Kier molecular flexibility index (Phi) is 4.15. The lowest BCUT2D eigenvalue weighted by Gasteiger charge is -2.20.